The van der Waals surface area contributed by atoms with E-state index >= 15 is 0 Å². The Bertz CT molecular complexity index is 1170. The van der Waals surface area contributed by atoms with Crippen LogP contribution in [-0.4, -0.2) is 42.0 Å². The number of hydrogen-bond acceptors (Lipinski definition) is 5. The maximum absolute atomic E-state index is 12.4. The van der Waals surface area contributed by atoms with E-state index in [9.17, 15) is 4.79 Å². The third kappa shape index (κ3) is 5.45. The summed E-state index contributed by atoms with van der Waals surface area (Å²) in [5.74, 6) is 0.327. The molecule has 0 unspecified atom stereocenters. The van der Waals surface area contributed by atoms with Crippen molar-refractivity contribution < 1.29 is 4.79 Å². The van der Waals surface area contributed by atoms with Gasteiger partial charge in [0.15, 0.2) is 0 Å². The van der Waals surface area contributed by atoms with E-state index in [1.807, 2.05) is 66.7 Å². The van der Waals surface area contributed by atoms with Crippen molar-refractivity contribution in [1.82, 2.24) is 15.5 Å². The summed E-state index contributed by atoms with van der Waals surface area (Å²) in [5.41, 5.74) is 3.07. The normalized spacial score (nSPS) is 10.8. The second-order valence-electron chi connectivity index (χ2n) is 7.51. The number of anilines is 1. The van der Waals surface area contributed by atoms with Crippen molar-refractivity contribution in [1.29, 1.82) is 0 Å². The average molecular weight is 443 g/mol. The van der Waals surface area contributed by atoms with Crippen molar-refractivity contribution in [3.05, 3.63) is 84.9 Å². The third-order valence-corrected chi connectivity index (χ3v) is 6.21. The van der Waals surface area contributed by atoms with Crippen LogP contribution in [0.4, 0.5) is 5.69 Å². The van der Waals surface area contributed by atoms with Crippen molar-refractivity contribution >= 4 is 34.1 Å². The molecule has 0 saturated heterocycles. The smallest absolute Gasteiger partial charge is 0.230 e. The summed E-state index contributed by atoms with van der Waals surface area (Å²) in [6, 6.07) is 28.4. The van der Waals surface area contributed by atoms with E-state index < -0.39 is 0 Å². The van der Waals surface area contributed by atoms with Crippen LogP contribution < -0.4 is 10.2 Å². The fourth-order valence-corrected chi connectivity index (χ4v) is 4.34. The monoisotopic (exact) mass is 442 g/mol. The summed E-state index contributed by atoms with van der Waals surface area (Å²) >= 11 is 1.43. The molecular formula is C26H26N4OS. The van der Waals surface area contributed by atoms with E-state index in [4.69, 9.17) is 0 Å². The molecule has 0 aliphatic heterocycles. The van der Waals surface area contributed by atoms with Crippen LogP contribution in [-0.2, 0) is 4.79 Å². The maximum atomic E-state index is 12.4. The first-order valence-corrected chi connectivity index (χ1v) is 11.7. The van der Waals surface area contributed by atoms with Crippen molar-refractivity contribution in [3.8, 4) is 11.3 Å². The Kier molecular flexibility index (Phi) is 7.35. The fourth-order valence-electron chi connectivity index (χ4n) is 3.54. The molecule has 0 spiro atoms. The van der Waals surface area contributed by atoms with Gasteiger partial charge in [0.25, 0.3) is 0 Å². The van der Waals surface area contributed by atoms with Crippen molar-refractivity contribution in [3.63, 3.8) is 0 Å². The molecule has 0 aliphatic carbocycles. The number of carbonyl (C=O) groups is 1. The van der Waals surface area contributed by atoms with Crippen LogP contribution in [0.5, 0.6) is 0 Å². The lowest BCUT2D eigenvalue weighted by Gasteiger charge is -2.19. The van der Waals surface area contributed by atoms with Gasteiger partial charge < -0.3 is 10.2 Å². The minimum absolute atomic E-state index is 0.00961. The number of para-hydroxylation sites is 1. The van der Waals surface area contributed by atoms with Gasteiger partial charge in [0.05, 0.1) is 5.75 Å². The van der Waals surface area contributed by atoms with E-state index in [2.05, 4.69) is 45.7 Å². The topological polar surface area (TPSA) is 58.1 Å². The van der Waals surface area contributed by atoms with Crippen LogP contribution in [0.25, 0.3) is 22.0 Å². The van der Waals surface area contributed by atoms with Gasteiger partial charge in [-0.1, -0.05) is 84.6 Å². The second kappa shape index (κ2) is 10.8. The number of aromatic nitrogens is 2. The number of fused-ring (bicyclic) bond motifs is 1. The SMILES string of the molecule is CN(CCCNC(=O)CSc1nnc(-c2ccccc2)c2ccccc12)c1ccccc1. The van der Waals surface area contributed by atoms with Crippen LogP contribution in [0.2, 0.25) is 0 Å². The molecule has 0 aliphatic rings. The minimum atomic E-state index is 0.00961. The van der Waals surface area contributed by atoms with Gasteiger partial charge in [-0.25, -0.2) is 0 Å². The molecular weight excluding hydrogens is 416 g/mol. The highest BCUT2D eigenvalue weighted by atomic mass is 32.2. The van der Waals surface area contributed by atoms with Crippen molar-refractivity contribution in [2.75, 3.05) is 30.8 Å². The number of amides is 1. The molecule has 3 aromatic carbocycles. The summed E-state index contributed by atoms with van der Waals surface area (Å²) in [4.78, 5) is 14.6. The van der Waals surface area contributed by atoms with Crippen molar-refractivity contribution in [2.24, 2.45) is 0 Å². The highest BCUT2D eigenvalue weighted by molar-refractivity contribution is 8.00. The van der Waals surface area contributed by atoms with Gasteiger partial charge in [0.1, 0.15) is 10.7 Å². The molecule has 4 rings (SSSR count). The number of thioether (sulfide) groups is 1. The van der Waals surface area contributed by atoms with Crippen LogP contribution in [0.3, 0.4) is 0 Å². The van der Waals surface area contributed by atoms with E-state index in [1.165, 1.54) is 17.4 Å². The first kappa shape index (κ1) is 21.8. The molecule has 0 bridgehead atoms. The Labute approximate surface area is 192 Å². The zero-order valence-electron chi connectivity index (χ0n) is 18.1. The maximum Gasteiger partial charge on any atom is 0.230 e. The first-order chi connectivity index (χ1) is 15.7. The van der Waals surface area contributed by atoms with Gasteiger partial charge in [-0.2, -0.15) is 0 Å². The highest BCUT2D eigenvalue weighted by Gasteiger charge is 2.12. The molecule has 32 heavy (non-hydrogen) atoms. The van der Waals surface area contributed by atoms with Gasteiger partial charge in [0.2, 0.25) is 5.91 Å². The molecule has 0 atom stereocenters. The molecule has 1 heterocycles. The average Bonchev–Trinajstić information content (AvgIpc) is 2.86. The highest BCUT2D eigenvalue weighted by Crippen LogP contribution is 2.31. The Hall–Kier alpha value is -3.38. The summed E-state index contributed by atoms with van der Waals surface area (Å²) in [6.07, 6.45) is 0.885. The predicted molar refractivity (Wildman–Crippen MR) is 133 cm³/mol. The molecule has 0 radical (unpaired) electrons. The van der Waals surface area contributed by atoms with Crippen LogP contribution >= 0.6 is 11.8 Å². The predicted octanol–water partition coefficient (Wildman–Crippen LogP) is 5.03. The zero-order chi connectivity index (χ0) is 22.2. The van der Waals surface area contributed by atoms with Gasteiger partial charge in [-0.15, -0.1) is 10.2 Å². The number of benzene rings is 3. The van der Waals surface area contributed by atoms with E-state index in [-0.39, 0.29) is 5.91 Å². The van der Waals surface area contributed by atoms with E-state index in [0.29, 0.717) is 12.3 Å². The Balaban J connectivity index is 1.32. The molecule has 1 aromatic heterocycles. The number of hydrogen-bond donors (Lipinski definition) is 1. The van der Waals surface area contributed by atoms with Crippen LogP contribution in [0.15, 0.2) is 90.0 Å². The standard InChI is InChI=1S/C26H26N4OS/c1-30(21-13-6-3-7-14-21)18-10-17-27-24(31)19-32-26-23-16-9-8-15-22(23)25(28-29-26)20-11-4-2-5-12-20/h2-9,11-16H,10,17-19H2,1H3,(H,27,31). The summed E-state index contributed by atoms with van der Waals surface area (Å²) < 4.78 is 0. The second-order valence-corrected chi connectivity index (χ2v) is 8.48. The Morgan fingerprint density at radius 1 is 0.875 bits per heavy atom. The van der Waals surface area contributed by atoms with Gasteiger partial charge in [0, 0.05) is 42.2 Å². The molecule has 1 amide bonds. The van der Waals surface area contributed by atoms with E-state index in [0.717, 1.165) is 40.0 Å². The summed E-state index contributed by atoms with van der Waals surface area (Å²) in [6.45, 7) is 1.53. The number of carbonyl (C=O) groups excluding carboxylic acids is 1. The Morgan fingerprint density at radius 3 is 2.28 bits per heavy atom. The quantitative estimate of drug-likeness (QED) is 0.291. The van der Waals surface area contributed by atoms with E-state index in [1.54, 1.807) is 0 Å². The van der Waals surface area contributed by atoms with Gasteiger partial charge >= 0.3 is 0 Å². The van der Waals surface area contributed by atoms with Crippen LogP contribution in [0.1, 0.15) is 6.42 Å². The summed E-state index contributed by atoms with van der Waals surface area (Å²) in [5, 5.41) is 14.8. The molecule has 4 aromatic rings. The molecule has 0 fully saturated rings. The number of nitrogens with one attached hydrogen (secondary N) is 1. The molecule has 6 heteroatoms. The third-order valence-electron chi connectivity index (χ3n) is 5.23. The molecule has 5 nitrogen and oxygen atoms in total. The van der Waals surface area contributed by atoms with Crippen molar-refractivity contribution in [2.45, 2.75) is 11.4 Å². The lowest BCUT2D eigenvalue weighted by atomic mass is 10.1. The van der Waals surface area contributed by atoms with Gasteiger partial charge in [-0.05, 0) is 18.6 Å². The largest absolute Gasteiger partial charge is 0.375 e. The molecule has 1 N–H and O–H groups in total. The van der Waals surface area contributed by atoms with Crippen LogP contribution in [0, 0.1) is 0 Å². The number of nitrogens with zero attached hydrogens (tertiary/aromatic N) is 3. The number of rotatable bonds is 9. The zero-order valence-corrected chi connectivity index (χ0v) is 18.9. The van der Waals surface area contributed by atoms with Gasteiger partial charge in [-0.3, -0.25) is 4.79 Å². The fraction of sp³-hybridized carbons (Fsp3) is 0.192. The molecule has 0 saturated carbocycles. The lowest BCUT2D eigenvalue weighted by molar-refractivity contribution is -0.118. The molecule has 162 valence electrons. The Morgan fingerprint density at radius 2 is 1.53 bits per heavy atom. The first-order valence-electron chi connectivity index (χ1n) is 10.7. The summed E-state index contributed by atoms with van der Waals surface area (Å²) in [7, 11) is 2.07. The minimum Gasteiger partial charge on any atom is -0.375 e. The lowest BCUT2D eigenvalue weighted by Crippen LogP contribution is -2.29.